The Morgan fingerprint density at radius 1 is 1.38 bits per heavy atom. The van der Waals surface area contributed by atoms with Gasteiger partial charge in [-0.1, -0.05) is 12.1 Å². The van der Waals surface area contributed by atoms with Gasteiger partial charge in [0.2, 0.25) is 10.0 Å². The number of sulfonamides is 1. The topological polar surface area (TPSA) is 66.6 Å². The van der Waals surface area contributed by atoms with Gasteiger partial charge < -0.3 is 5.73 Å². The molecule has 1 saturated heterocycles. The van der Waals surface area contributed by atoms with E-state index in [-0.39, 0.29) is 18.4 Å². The van der Waals surface area contributed by atoms with Crippen LogP contribution in [0.4, 0.5) is 0 Å². The van der Waals surface area contributed by atoms with Crippen LogP contribution in [0.25, 0.3) is 0 Å². The van der Waals surface area contributed by atoms with Crippen LogP contribution in [0.1, 0.15) is 18.4 Å². The molecular weight excluding hydrogens is 310 g/mol. The summed E-state index contributed by atoms with van der Waals surface area (Å²) in [6, 6.07) is 7.40. The summed E-state index contributed by atoms with van der Waals surface area (Å²) in [5.74, 6) is 0. The van der Waals surface area contributed by atoms with Crippen LogP contribution in [-0.4, -0.2) is 50.8 Å². The number of benzene rings is 1. The van der Waals surface area contributed by atoms with E-state index in [0.29, 0.717) is 4.90 Å². The van der Waals surface area contributed by atoms with Crippen LogP contribution in [0.2, 0.25) is 0 Å². The first-order valence-corrected chi connectivity index (χ1v) is 8.33. The van der Waals surface area contributed by atoms with Gasteiger partial charge in [-0.15, -0.1) is 12.4 Å². The first-order valence-electron chi connectivity index (χ1n) is 6.89. The fraction of sp³-hybridized carbons (Fsp3) is 0.571. The van der Waals surface area contributed by atoms with Crippen LogP contribution >= 0.6 is 12.4 Å². The first kappa shape index (κ1) is 18.4. The minimum absolute atomic E-state index is 0. The SMILES string of the molecule is CN(C)S(=O)(=O)c1cccc(CN2CCCC(N)C2)c1.Cl. The zero-order valence-corrected chi connectivity index (χ0v) is 14.2. The molecular formula is C14H24ClN3O2S. The summed E-state index contributed by atoms with van der Waals surface area (Å²) in [7, 11) is -0.266. The lowest BCUT2D eigenvalue weighted by Gasteiger charge is -2.30. The molecule has 1 aromatic carbocycles. The molecule has 0 spiro atoms. The third kappa shape index (κ3) is 4.66. The van der Waals surface area contributed by atoms with Crippen LogP contribution < -0.4 is 5.73 Å². The van der Waals surface area contributed by atoms with Gasteiger partial charge in [0, 0.05) is 33.2 Å². The molecule has 1 unspecified atom stereocenters. The lowest BCUT2D eigenvalue weighted by molar-refractivity contribution is 0.201. The second kappa shape index (κ2) is 7.56. The number of rotatable bonds is 4. The molecule has 1 fully saturated rings. The van der Waals surface area contributed by atoms with E-state index in [4.69, 9.17) is 5.73 Å². The van der Waals surface area contributed by atoms with Gasteiger partial charge in [-0.3, -0.25) is 4.90 Å². The summed E-state index contributed by atoms with van der Waals surface area (Å²) in [6.45, 7) is 2.66. The average molecular weight is 334 g/mol. The highest BCUT2D eigenvalue weighted by atomic mass is 35.5. The monoisotopic (exact) mass is 333 g/mol. The summed E-state index contributed by atoms with van der Waals surface area (Å²) < 4.78 is 25.5. The minimum atomic E-state index is -3.36. The molecule has 0 saturated carbocycles. The van der Waals surface area contributed by atoms with Crippen molar-refractivity contribution in [2.24, 2.45) is 5.73 Å². The van der Waals surface area contributed by atoms with Crippen molar-refractivity contribution in [2.45, 2.75) is 30.3 Å². The fourth-order valence-corrected chi connectivity index (χ4v) is 3.48. The number of hydrogen-bond donors (Lipinski definition) is 1. The number of halogens is 1. The highest BCUT2D eigenvalue weighted by Gasteiger charge is 2.19. The second-order valence-corrected chi connectivity index (χ2v) is 7.72. The van der Waals surface area contributed by atoms with Crippen molar-refractivity contribution in [3.63, 3.8) is 0 Å². The standard InChI is InChI=1S/C14H23N3O2S.ClH/c1-16(2)20(18,19)14-7-3-5-12(9-14)10-17-8-4-6-13(15)11-17;/h3,5,7,9,13H,4,6,8,10-11,15H2,1-2H3;1H. The summed E-state index contributed by atoms with van der Waals surface area (Å²) in [5, 5.41) is 0. The van der Waals surface area contributed by atoms with Crippen LogP contribution in [0.15, 0.2) is 29.2 Å². The average Bonchev–Trinajstić information content (AvgIpc) is 2.39. The molecule has 2 N–H and O–H groups in total. The van der Waals surface area contributed by atoms with Crippen LogP contribution in [0.3, 0.4) is 0 Å². The molecule has 21 heavy (non-hydrogen) atoms. The van der Waals surface area contributed by atoms with Crippen LogP contribution in [-0.2, 0) is 16.6 Å². The largest absolute Gasteiger partial charge is 0.327 e. The van der Waals surface area contributed by atoms with E-state index in [1.165, 1.54) is 4.31 Å². The Hall–Kier alpha value is -0.660. The van der Waals surface area contributed by atoms with Crippen molar-refractivity contribution in [2.75, 3.05) is 27.2 Å². The zero-order valence-electron chi connectivity index (χ0n) is 12.5. The predicted molar refractivity (Wildman–Crippen MR) is 87.0 cm³/mol. The number of likely N-dealkylation sites (tertiary alicyclic amines) is 1. The van der Waals surface area contributed by atoms with Gasteiger partial charge in [-0.05, 0) is 37.1 Å². The first-order chi connectivity index (χ1) is 9.39. The highest BCUT2D eigenvalue weighted by molar-refractivity contribution is 7.89. The Kier molecular flexibility index (Phi) is 6.62. The lowest BCUT2D eigenvalue weighted by atomic mass is 10.1. The van der Waals surface area contributed by atoms with Crippen molar-refractivity contribution >= 4 is 22.4 Å². The van der Waals surface area contributed by atoms with Gasteiger partial charge in [0.1, 0.15) is 0 Å². The second-order valence-electron chi connectivity index (χ2n) is 5.57. The Balaban J connectivity index is 0.00000220. The number of piperidine rings is 1. The van der Waals surface area contributed by atoms with Gasteiger partial charge in [-0.25, -0.2) is 12.7 Å². The molecule has 120 valence electrons. The molecule has 2 rings (SSSR count). The van der Waals surface area contributed by atoms with E-state index in [1.807, 2.05) is 6.07 Å². The third-order valence-corrected chi connectivity index (χ3v) is 5.44. The predicted octanol–water partition coefficient (Wildman–Crippen LogP) is 1.28. The minimum Gasteiger partial charge on any atom is -0.327 e. The molecule has 0 amide bonds. The van der Waals surface area contributed by atoms with E-state index >= 15 is 0 Å². The van der Waals surface area contributed by atoms with Gasteiger partial charge in [-0.2, -0.15) is 0 Å². The van der Waals surface area contributed by atoms with Crippen molar-refractivity contribution in [1.82, 2.24) is 9.21 Å². The lowest BCUT2D eigenvalue weighted by Crippen LogP contribution is -2.42. The third-order valence-electron chi connectivity index (χ3n) is 3.63. The smallest absolute Gasteiger partial charge is 0.242 e. The molecule has 1 aliphatic heterocycles. The van der Waals surface area contributed by atoms with E-state index in [1.54, 1.807) is 32.3 Å². The van der Waals surface area contributed by atoms with Crippen molar-refractivity contribution in [1.29, 1.82) is 0 Å². The molecule has 1 aromatic rings. The molecule has 1 aliphatic rings. The van der Waals surface area contributed by atoms with E-state index < -0.39 is 10.0 Å². The molecule has 0 radical (unpaired) electrons. The number of nitrogens with zero attached hydrogens (tertiary/aromatic N) is 2. The van der Waals surface area contributed by atoms with Gasteiger partial charge >= 0.3 is 0 Å². The highest BCUT2D eigenvalue weighted by Crippen LogP contribution is 2.17. The molecule has 7 heteroatoms. The summed E-state index contributed by atoms with van der Waals surface area (Å²) in [5.41, 5.74) is 6.99. The maximum absolute atomic E-state index is 12.1. The fourth-order valence-electron chi connectivity index (χ4n) is 2.51. The van der Waals surface area contributed by atoms with Crippen molar-refractivity contribution in [3.8, 4) is 0 Å². The number of hydrogen-bond acceptors (Lipinski definition) is 4. The Morgan fingerprint density at radius 2 is 2.10 bits per heavy atom. The summed E-state index contributed by atoms with van der Waals surface area (Å²) in [4.78, 5) is 2.64. The zero-order chi connectivity index (χ0) is 14.8. The van der Waals surface area contributed by atoms with Crippen LogP contribution in [0, 0.1) is 0 Å². The quantitative estimate of drug-likeness (QED) is 0.901. The molecule has 0 aromatic heterocycles. The van der Waals surface area contributed by atoms with E-state index in [2.05, 4.69) is 4.90 Å². The maximum Gasteiger partial charge on any atom is 0.242 e. The maximum atomic E-state index is 12.1. The van der Waals surface area contributed by atoms with Crippen molar-refractivity contribution in [3.05, 3.63) is 29.8 Å². The Bertz CT molecular complexity index is 563. The molecule has 1 heterocycles. The number of nitrogens with two attached hydrogens (primary N) is 1. The molecule has 0 aliphatic carbocycles. The van der Waals surface area contributed by atoms with Gasteiger partial charge in [0.15, 0.2) is 0 Å². The summed E-state index contributed by atoms with van der Waals surface area (Å²) >= 11 is 0. The van der Waals surface area contributed by atoms with Gasteiger partial charge in [0.25, 0.3) is 0 Å². The molecule has 0 bridgehead atoms. The normalized spacial score (nSPS) is 20.3. The van der Waals surface area contributed by atoms with Gasteiger partial charge in [0.05, 0.1) is 4.90 Å². The summed E-state index contributed by atoms with van der Waals surface area (Å²) in [6.07, 6.45) is 2.18. The molecule has 5 nitrogen and oxygen atoms in total. The van der Waals surface area contributed by atoms with Crippen LogP contribution in [0.5, 0.6) is 0 Å². The Morgan fingerprint density at radius 3 is 2.71 bits per heavy atom. The van der Waals surface area contributed by atoms with Crippen molar-refractivity contribution < 1.29 is 8.42 Å². The molecule has 1 atom stereocenters. The Labute approximate surface area is 133 Å². The van der Waals surface area contributed by atoms with E-state index in [0.717, 1.165) is 38.0 Å². The van der Waals surface area contributed by atoms with E-state index in [9.17, 15) is 8.42 Å².